The topological polar surface area (TPSA) is 63.8 Å². The van der Waals surface area contributed by atoms with Crippen molar-refractivity contribution in [2.75, 3.05) is 0 Å². The molecule has 0 aliphatic rings. The van der Waals surface area contributed by atoms with E-state index >= 15 is 0 Å². The monoisotopic (exact) mass is 238 g/mol. The molecule has 0 bridgehead atoms. The number of nitrogens with zero attached hydrogens (tertiary/aromatic N) is 4. The van der Waals surface area contributed by atoms with E-state index in [1.54, 1.807) is 37.1 Å². The SMILES string of the molecule is CC(O)c1c(Cl)c(-c2ncccn2)nn1C. The first-order valence-corrected chi connectivity index (χ1v) is 5.17. The summed E-state index contributed by atoms with van der Waals surface area (Å²) in [5.74, 6) is 0.454. The first kappa shape index (κ1) is 11.0. The van der Waals surface area contributed by atoms with Crippen molar-refractivity contribution in [1.82, 2.24) is 19.7 Å². The van der Waals surface area contributed by atoms with Gasteiger partial charge in [-0.25, -0.2) is 9.97 Å². The maximum Gasteiger partial charge on any atom is 0.181 e. The highest BCUT2D eigenvalue weighted by atomic mass is 35.5. The van der Waals surface area contributed by atoms with Crippen LogP contribution < -0.4 is 0 Å². The lowest BCUT2D eigenvalue weighted by Gasteiger charge is -2.04. The van der Waals surface area contributed by atoms with Crippen LogP contribution in [0, 0.1) is 0 Å². The van der Waals surface area contributed by atoms with Crippen molar-refractivity contribution < 1.29 is 5.11 Å². The van der Waals surface area contributed by atoms with Crippen LogP contribution in [0.25, 0.3) is 11.5 Å². The van der Waals surface area contributed by atoms with Crippen LogP contribution in [-0.4, -0.2) is 24.9 Å². The molecule has 84 valence electrons. The quantitative estimate of drug-likeness (QED) is 0.863. The maximum atomic E-state index is 9.56. The molecule has 0 aliphatic heterocycles. The number of hydrogen-bond donors (Lipinski definition) is 1. The Morgan fingerprint density at radius 3 is 2.50 bits per heavy atom. The van der Waals surface area contributed by atoms with Crippen LogP contribution in [-0.2, 0) is 7.05 Å². The summed E-state index contributed by atoms with van der Waals surface area (Å²) < 4.78 is 1.54. The van der Waals surface area contributed by atoms with Crippen molar-refractivity contribution >= 4 is 11.6 Å². The van der Waals surface area contributed by atoms with Gasteiger partial charge < -0.3 is 5.11 Å². The summed E-state index contributed by atoms with van der Waals surface area (Å²) in [6.07, 6.45) is 2.56. The van der Waals surface area contributed by atoms with Crippen LogP contribution in [0.1, 0.15) is 18.7 Å². The predicted octanol–water partition coefficient (Wildman–Crippen LogP) is 1.58. The molecule has 0 aromatic carbocycles. The van der Waals surface area contributed by atoms with Gasteiger partial charge in [-0.15, -0.1) is 0 Å². The highest BCUT2D eigenvalue weighted by Gasteiger charge is 2.20. The lowest BCUT2D eigenvalue weighted by Crippen LogP contribution is -2.01. The molecule has 2 heterocycles. The Balaban J connectivity index is 2.56. The molecule has 2 rings (SSSR count). The van der Waals surface area contributed by atoms with E-state index in [4.69, 9.17) is 11.6 Å². The number of aliphatic hydroxyl groups is 1. The second-order valence-corrected chi connectivity index (χ2v) is 3.80. The number of aromatic nitrogens is 4. The Labute approximate surface area is 97.7 Å². The Morgan fingerprint density at radius 2 is 2.00 bits per heavy atom. The van der Waals surface area contributed by atoms with Gasteiger partial charge >= 0.3 is 0 Å². The Kier molecular flexibility index (Phi) is 2.89. The predicted molar refractivity (Wildman–Crippen MR) is 59.9 cm³/mol. The summed E-state index contributed by atoms with van der Waals surface area (Å²) in [7, 11) is 1.72. The fourth-order valence-corrected chi connectivity index (χ4v) is 1.93. The van der Waals surface area contributed by atoms with E-state index in [1.807, 2.05) is 0 Å². The zero-order valence-electron chi connectivity index (χ0n) is 8.92. The van der Waals surface area contributed by atoms with E-state index in [9.17, 15) is 5.11 Å². The van der Waals surface area contributed by atoms with Gasteiger partial charge in [0.1, 0.15) is 5.69 Å². The third kappa shape index (κ3) is 1.79. The van der Waals surface area contributed by atoms with Gasteiger partial charge in [-0.3, -0.25) is 4.68 Å². The van der Waals surface area contributed by atoms with Crippen LogP contribution >= 0.6 is 11.6 Å². The number of halogens is 1. The summed E-state index contributed by atoms with van der Waals surface area (Å²) in [4.78, 5) is 8.14. The molecule has 0 fully saturated rings. The average molecular weight is 239 g/mol. The lowest BCUT2D eigenvalue weighted by atomic mass is 10.2. The standard InChI is InChI=1S/C10H11ClN4O/c1-6(16)9-7(11)8(14-15(9)2)10-12-4-3-5-13-10/h3-6,16H,1-2H3. The molecule has 1 atom stereocenters. The third-order valence-corrected chi connectivity index (χ3v) is 2.58. The van der Waals surface area contributed by atoms with Gasteiger partial charge in [-0.2, -0.15) is 5.10 Å². The number of aliphatic hydroxyl groups excluding tert-OH is 1. The highest BCUT2D eigenvalue weighted by molar-refractivity contribution is 6.33. The van der Waals surface area contributed by atoms with Gasteiger partial charge in [0.05, 0.1) is 16.8 Å². The zero-order chi connectivity index (χ0) is 11.7. The second-order valence-electron chi connectivity index (χ2n) is 3.42. The van der Waals surface area contributed by atoms with Gasteiger partial charge in [0.2, 0.25) is 0 Å². The summed E-state index contributed by atoms with van der Waals surface area (Å²) in [5.41, 5.74) is 1.05. The molecular formula is C10H11ClN4O. The normalized spacial score (nSPS) is 12.8. The first-order chi connectivity index (χ1) is 7.61. The minimum Gasteiger partial charge on any atom is -0.387 e. The Hall–Kier alpha value is -1.46. The molecule has 6 heteroatoms. The van der Waals surface area contributed by atoms with Crippen molar-refractivity contribution in [3.05, 3.63) is 29.2 Å². The average Bonchev–Trinajstić information content (AvgIpc) is 2.55. The van der Waals surface area contributed by atoms with Crippen molar-refractivity contribution in [3.8, 4) is 11.5 Å². The molecule has 0 radical (unpaired) electrons. The molecule has 0 spiro atoms. The third-order valence-electron chi connectivity index (χ3n) is 2.20. The van der Waals surface area contributed by atoms with Gasteiger partial charge in [0, 0.05) is 19.4 Å². The molecule has 2 aromatic heterocycles. The Morgan fingerprint density at radius 1 is 1.38 bits per heavy atom. The van der Waals surface area contributed by atoms with E-state index in [0.29, 0.717) is 22.2 Å². The van der Waals surface area contributed by atoms with Gasteiger partial charge in [0.15, 0.2) is 5.82 Å². The minimum absolute atomic E-state index is 0.392. The summed E-state index contributed by atoms with van der Waals surface area (Å²) >= 11 is 6.14. The van der Waals surface area contributed by atoms with Crippen molar-refractivity contribution in [2.45, 2.75) is 13.0 Å². The van der Waals surface area contributed by atoms with E-state index in [2.05, 4.69) is 15.1 Å². The van der Waals surface area contributed by atoms with Crippen molar-refractivity contribution in [3.63, 3.8) is 0 Å². The minimum atomic E-state index is -0.678. The zero-order valence-corrected chi connectivity index (χ0v) is 9.68. The van der Waals surface area contributed by atoms with Crippen LogP contribution in [0.2, 0.25) is 5.02 Å². The Bertz CT molecular complexity index is 495. The number of rotatable bonds is 2. The van der Waals surface area contributed by atoms with Crippen LogP contribution in [0.5, 0.6) is 0 Å². The van der Waals surface area contributed by atoms with Crippen LogP contribution in [0.4, 0.5) is 0 Å². The second kappa shape index (κ2) is 4.19. The molecule has 16 heavy (non-hydrogen) atoms. The van der Waals surface area contributed by atoms with Gasteiger partial charge in [-0.05, 0) is 13.0 Å². The fraction of sp³-hybridized carbons (Fsp3) is 0.300. The van der Waals surface area contributed by atoms with Crippen LogP contribution in [0.3, 0.4) is 0 Å². The lowest BCUT2D eigenvalue weighted by molar-refractivity contribution is 0.189. The molecular weight excluding hydrogens is 228 g/mol. The highest BCUT2D eigenvalue weighted by Crippen LogP contribution is 2.30. The van der Waals surface area contributed by atoms with E-state index in [-0.39, 0.29) is 0 Å². The molecule has 1 N–H and O–H groups in total. The van der Waals surface area contributed by atoms with Crippen LogP contribution in [0.15, 0.2) is 18.5 Å². The fourth-order valence-electron chi connectivity index (χ4n) is 1.53. The van der Waals surface area contributed by atoms with Crippen molar-refractivity contribution in [1.29, 1.82) is 0 Å². The largest absolute Gasteiger partial charge is 0.387 e. The molecule has 0 aliphatic carbocycles. The first-order valence-electron chi connectivity index (χ1n) is 4.79. The summed E-state index contributed by atoms with van der Waals surface area (Å²) in [5, 5.41) is 14.2. The van der Waals surface area contributed by atoms with Crippen molar-refractivity contribution in [2.24, 2.45) is 7.05 Å². The smallest absolute Gasteiger partial charge is 0.181 e. The molecule has 0 saturated carbocycles. The molecule has 2 aromatic rings. The molecule has 1 unspecified atom stereocenters. The number of hydrogen-bond acceptors (Lipinski definition) is 4. The van der Waals surface area contributed by atoms with Gasteiger partial charge in [0.25, 0.3) is 0 Å². The summed E-state index contributed by atoms with van der Waals surface area (Å²) in [6, 6.07) is 1.72. The maximum absolute atomic E-state index is 9.56. The van der Waals surface area contributed by atoms with E-state index in [1.165, 1.54) is 0 Å². The van der Waals surface area contributed by atoms with E-state index < -0.39 is 6.10 Å². The molecule has 0 amide bonds. The molecule has 5 nitrogen and oxygen atoms in total. The molecule has 0 saturated heterocycles. The van der Waals surface area contributed by atoms with Gasteiger partial charge in [-0.1, -0.05) is 11.6 Å². The van der Waals surface area contributed by atoms with E-state index in [0.717, 1.165) is 0 Å². The number of aryl methyl sites for hydroxylation is 1. The summed E-state index contributed by atoms with van der Waals surface area (Å²) in [6.45, 7) is 1.64.